The van der Waals surface area contributed by atoms with Gasteiger partial charge in [0.25, 0.3) is 0 Å². The first-order valence-electron chi connectivity index (χ1n) is 4.93. The van der Waals surface area contributed by atoms with Crippen LogP contribution in [0.15, 0.2) is 0 Å². The minimum absolute atomic E-state index is 0.153. The predicted octanol–water partition coefficient (Wildman–Crippen LogP) is 2.14. The number of hydrogen-bond acceptors (Lipinski definition) is 3. The Balaban J connectivity index is 2.70. The molecule has 3 nitrogen and oxygen atoms in total. The molecule has 0 saturated carbocycles. The van der Waals surface area contributed by atoms with Crippen molar-refractivity contribution in [1.82, 2.24) is 0 Å². The van der Waals surface area contributed by atoms with Gasteiger partial charge in [-0.25, -0.2) is 4.79 Å². The number of esters is 1. The molecule has 2 unspecified atom stereocenters. The zero-order valence-corrected chi connectivity index (χ0v) is 9.93. The van der Waals surface area contributed by atoms with Crippen LogP contribution < -0.4 is 0 Å². The van der Waals surface area contributed by atoms with Gasteiger partial charge in [-0.05, 0) is 25.7 Å². The van der Waals surface area contributed by atoms with Crippen molar-refractivity contribution in [3.05, 3.63) is 0 Å². The predicted molar refractivity (Wildman–Crippen MR) is 54.0 cm³/mol. The lowest BCUT2D eigenvalue weighted by Gasteiger charge is -2.22. The van der Waals surface area contributed by atoms with E-state index in [1.807, 2.05) is 6.92 Å². The number of hydrogen-bond donors (Lipinski definition) is 0. The topological polar surface area (TPSA) is 38.8 Å². The summed E-state index contributed by atoms with van der Waals surface area (Å²) < 4.78 is 10.3. The van der Waals surface area contributed by atoms with Crippen LogP contribution in [-0.2, 0) is 14.3 Å². The number of methoxy groups -OCH3 is 1. The van der Waals surface area contributed by atoms with Crippen molar-refractivity contribution in [3.8, 4) is 0 Å². The fraction of sp³-hybridized carbons (Fsp3) is 0.909. The van der Waals surface area contributed by atoms with E-state index in [0.29, 0.717) is 0 Å². The molecule has 1 aliphatic heterocycles. The van der Waals surface area contributed by atoms with Gasteiger partial charge in [-0.15, -0.1) is 0 Å². The van der Waals surface area contributed by atoms with Gasteiger partial charge in [-0.1, -0.05) is 20.8 Å². The van der Waals surface area contributed by atoms with Crippen LogP contribution in [-0.4, -0.2) is 24.3 Å². The zero-order chi connectivity index (χ0) is 11.2. The summed E-state index contributed by atoms with van der Waals surface area (Å²) in [5, 5.41) is 0. The molecule has 0 aliphatic carbocycles. The second-order valence-electron chi connectivity index (χ2n) is 5.60. The van der Waals surface area contributed by atoms with Gasteiger partial charge in [0.1, 0.15) is 5.60 Å². The Labute approximate surface area is 85.8 Å². The molecular formula is C11H20O3. The summed E-state index contributed by atoms with van der Waals surface area (Å²) in [4.78, 5) is 11.5. The number of carbonyl (C=O) groups is 1. The SMILES string of the molecule is COC(=O)C1(C)OC1(C)CC(C)(C)C. The molecule has 1 rings (SSSR count). The standard InChI is InChI=1S/C11H20O3/c1-9(2,3)7-10(4)11(5,14-10)8(12)13-6/h7H2,1-6H3. The van der Waals surface area contributed by atoms with Crippen molar-refractivity contribution < 1.29 is 14.3 Å². The van der Waals surface area contributed by atoms with E-state index >= 15 is 0 Å². The van der Waals surface area contributed by atoms with Crippen molar-refractivity contribution in [2.45, 2.75) is 52.2 Å². The van der Waals surface area contributed by atoms with Crippen LogP contribution >= 0.6 is 0 Å². The largest absolute Gasteiger partial charge is 0.467 e. The van der Waals surface area contributed by atoms with E-state index in [4.69, 9.17) is 9.47 Å². The van der Waals surface area contributed by atoms with Crippen LogP contribution in [0.25, 0.3) is 0 Å². The summed E-state index contributed by atoms with van der Waals surface area (Å²) in [5.41, 5.74) is -0.950. The molecule has 1 saturated heterocycles. The molecule has 0 aromatic carbocycles. The normalized spacial score (nSPS) is 36.7. The fourth-order valence-electron chi connectivity index (χ4n) is 2.09. The van der Waals surface area contributed by atoms with Crippen LogP contribution in [0.2, 0.25) is 0 Å². The average Bonchev–Trinajstić information content (AvgIpc) is 2.49. The molecule has 1 aliphatic rings. The van der Waals surface area contributed by atoms with Crippen molar-refractivity contribution in [2.24, 2.45) is 5.41 Å². The Morgan fingerprint density at radius 1 is 1.36 bits per heavy atom. The first-order chi connectivity index (χ1) is 6.15. The van der Waals surface area contributed by atoms with Crippen molar-refractivity contribution >= 4 is 5.97 Å². The molecule has 82 valence electrons. The van der Waals surface area contributed by atoms with E-state index in [1.54, 1.807) is 6.92 Å². The van der Waals surface area contributed by atoms with Gasteiger partial charge in [-0.3, -0.25) is 0 Å². The minimum Gasteiger partial charge on any atom is -0.467 e. The van der Waals surface area contributed by atoms with Crippen LogP contribution in [0, 0.1) is 5.41 Å². The van der Waals surface area contributed by atoms with Gasteiger partial charge in [0.2, 0.25) is 0 Å². The van der Waals surface area contributed by atoms with E-state index in [0.717, 1.165) is 6.42 Å². The summed E-state index contributed by atoms with van der Waals surface area (Å²) in [6, 6.07) is 0. The van der Waals surface area contributed by atoms with Crippen LogP contribution in [0.4, 0.5) is 0 Å². The molecule has 0 N–H and O–H groups in total. The van der Waals surface area contributed by atoms with E-state index in [9.17, 15) is 4.79 Å². The molecule has 3 heteroatoms. The third-order valence-electron chi connectivity index (χ3n) is 2.84. The zero-order valence-electron chi connectivity index (χ0n) is 9.93. The third-order valence-corrected chi connectivity index (χ3v) is 2.84. The highest BCUT2D eigenvalue weighted by molar-refractivity contribution is 5.84. The molecule has 0 bridgehead atoms. The molecule has 0 aromatic rings. The number of carbonyl (C=O) groups excluding carboxylic acids is 1. The van der Waals surface area contributed by atoms with Crippen LogP contribution in [0.1, 0.15) is 41.0 Å². The smallest absolute Gasteiger partial charge is 0.340 e. The monoisotopic (exact) mass is 200 g/mol. The first kappa shape index (κ1) is 11.5. The van der Waals surface area contributed by atoms with E-state index < -0.39 is 5.60 Å². The lowest BCUT2D eigenvalue weighted by Crippen LogP contribution is -2.33. The highest BCUT2D eigenvalue weighted by atomic mass is 16.7. The van der Waals surface area contributed by atoms with E-state index in [1.165, 1.54) is 7.11 Å². The third kappa shape index (κ3) is 1.78. The molecule has 0 radical (unpaired) electrons. The van der Waals surface area contributed by atoms with Crippen molar-refractivity contribution in [1.29, 1.82) is 0 Å². The Bertz CT molecular complexity index is 254. The minimum atomic E-state index is -0.741. The lowest BCUT2D eigenvalue weighted by atomic mass is 9.80. The summed E-state index contributed by atoms with van der Waals surface area (Å²) in [6.07, 6.45) is 0.853. The lowest BCUT2D eigenvalue weighted by molar-refractivity contribution is -0.146. The Morgan fingerprint density at radius 3 is 2.21 bits per heavy atom. The number of ether oxygens (including phenoxy) is 2. The van der Waals surface area contributed by atoms with Gasteiger partial charge >= 0.3 is 5.97 Å². The van der Waals surface area contributed by atoms with Crippen LogP contribution in [0.3, 0.4) is 0 Å². The van der Waals surface area contributed by atoms with Gasteiger partial charge in [0, 0.05) is 0 Å². The Morgan fingerprint density at radius 2 is 1.86 bits per heavy atom. The Kier molecular flexibility index (Phi) is 2.43. The summed E-state index contributed by atoms with van der Waals surface area (Å²) in [7, 11) is 1.40. The summed E-state index contributed by atoms with van der Waals surface area (Å²) in [5.74, 6) is -0.274. The summed E-state index contributed by atoms with van der Waals surface area (Å²) >= 11 is 0. The molecule has 0 amide bonds. The summed E-state index contributed by atoms with van der Waals surface area (Å²) in [6.45, 7) is 10.2. The average molecular weight is 200 g/mol. The molecule has 2 atom stereocenters. The maximum absolute atomic E-state index is 11.5. The highest BCUT2D eigenvalue weighted by Gasteiger charge is 2.70. The first-order valence-corrected chi connectivity index (χ1v) is 4.93. The van der Waals surface area contributed by atoms with Gasteiger partial charge in [0.15, 0.2) is 5.60 Å². The Hall–Kier alpha value is -0.570. The highest BCUT2D eigenvalue weighted by Crippen LogP contribution is 2.54. The van der Waals surface area contributed by atoms with Crippen molar-refractivity contribution in [3.63, 3.8) is 0 Å². The molecule has 14 heavy (non-hydrogen) atoms. The molecule has 0 aromatic heterocycles. The molecular weight excluding hydrogens is 180 g/mol. The maximum atomic E-state index is 11.5. The maximum Gasteiger partial charge on any atom is 0.340 e. The van der Waals surface area contributed by atoms with Gasteiger partial charge in [-0.2, -0.15) is 0 Å². The number of rotatable bonds is 2. The fourth-order valence-corrected chi connectivity index (χ4v) is 2.09. The van der Waals surface area contributed by atoms with Gasteiger partial charge < -0.3 is 9.47 Å². The second-order valence-corrected chi connectivity index (χ2v) is 5.60. The van der Waals surface area contributed by atoms with Crippen LogP contribution in [0.5, 0.6) is 0 Å². The van der Waals surface area contributed by atoms with E-state index in [-0.39, 0.29) is 17.0 Å². The van der Waals surface area contributed by atoms with E-state index in [2.05, 4.69) is 20.8 Å². The van der Waals surface area contributed by atoms with Gasteiger partial charge in [0.05, 0.1) is 7.11 Å². The molecule has 1 heterocycles. The second kappa shape index (κ2) is 2.96. The molecule has 1 fully saturated rings. The molecule has 0 spiro atoms. The number of epoxide rings is 1. The van der Waals surface area contributed by atoms with Crippen molar-refractivity contribution in [2.75, 3.05) is 7.11 Å². The quantitative estimate of drug-likeness (QED) is 0.506.